The third-order valence-electron chi connectivity index (χ3n) is 11.6. The van der Waals surface area contributed by atoms with Crippen molar-refractivity contribution in [3.8, 4) is 0 Å². The summed E-state index contributed by atoms with van der Waals surface area (Å²) in [6, 6.07) is 17.9. The van der Waals surface area contributed by atoms with Crippen LogP contribution in [0.1, 0.15) is 104 Å². The Labute approximate surface area is 348 Å². The minimum absolute atomic E-state index is 0.0169. The van der Waals surface area contributed by atoms with Gasteiger partial charge in [-0.25, -0.2) is 4.79 Å². The van der Waals surface area contributed by atoms with E-state index < -0.39 is 29.5 Å². The average molecular weight is 817 g/mol. The third kappa shape index (κ3) is 13.5. The lowest BCUT2D eigenvalue weighted by Gasteiger charge is -2.27. The molecule has 2 aromatic rings. The van der Waals surface area contributed by atoms with Gasteiger partial charge in [-0.2, -0.15) is 11.8 Å². The number of unbranched alkanes of at least 4 members (excludes halogenated alkanes) is 1. The van der Waals surface area contributed by atoms with Crippen LogP contribution in [0.5, 0.6) is 0 Å². The van der Waals surface area contributed by atoms with Gasteiger partial charge in [-0.1, -0.05) is 94.8 Å². The van der Waals surface area contributed by atoms with Crippen LogP contribution in [0.4, 0.5) is 4.79 Å². The van der Waals surface area contributed by atoms with Gasteiger partial charge >= 0.3 is 6.03 Å². The van der Waals surface area contributed by atoms with Crippen LogP contribution >= 0.6 is 11.8 Å². The summed E-state index contributed by atoms with van der Waals surface area (Å²) in [6.45, 7) is 10.0. The van der Waals surface area contributed by atoms with Crippen molar-refractivity contribution in [1.82, 2.24) is 21.3 Å². The summed E-state index contributed by atoms with van der Waals surface area (Å²) in [7, 11) is 0. The van der Waals surface area contributed by atoms with Gasteiger partial charge in [0.15, 0.2) is 11.6 Å². The average Bonchev–Trinajstić information content (AvgIpc) is 3.68. The Hall–Kier alpha value is -4.03. The van der Waals surface area contributed by atoms with E-state index in [1.54, 1.807) is 6.92 Å². The maximum Gasteiger partial charge on any atom is 0.315 e. The first-order valence-corrected chi connectivity index (χ1v) is 22.4. The van der Waals surface area contributed by atoms with Crippen LogP contribution in [0.3, 0.4) is 0 Å². The standard InChI is InChI=1S/C46H64N4O7S/c1-29(2)22-36(39(52)26-34(24-32-16-10-7-11-17-32)44(55)48-37(23-30(3)4)42(53)46(5)28-57-46)47-43(54)33(21-20-31-14-8-6-9-15-31)25-35(51)18-12-13-19-40-41-38(27-58-40)49-45(56)50-41/h6-11,14-17,29-30,33-34,36-38,40-41H,12-13,18-28H2,1-5H3,(H,47,54)(H,48,55)(H2,49,50,56)/t33-,34-,36+,37+,38+,40+,41+,46-/m1/s1. The van der Waals surface area contributed by atoms with Crippen LogP contribution in [0, 0.1) is 23.7 Å². The predicted octanol–water partition coefficient (Wildman–Crippen LogP) is 6.16. The van der Waals surface area contributed by atoms with Gasteiger partial charge in [-0.15, -0.1) is 0 Å². The molecule has 0 saturated carbocycles. The number of benzene rings is 2. The number of urea groups is 1. The van der Waals surface area contributed by atoms with Crippen LogP contribution in [0.15, 0.2) is 60.7 Å². The second kappa shape index (κ2) is 21.3. The summed E-state index contributed by atoms with van der Waals surface area (Å²) in [6.07, 6.45) is 4.96. The third-order valence-corrected chi connectivity index (χ3v) is 13.1. The van der Waals surface area contributed by atoms with Crippen molar-refractivity contribution in [2.24, 2.45) is 23.7 Å². The molecule has 2 aromatic carbocycles. The van der Waals surface area contributed by atoms with Gasteiger partial charge in [0.2, 0.25) is 11.8 Å². The zero-order chi connectivity index (χ0) is 41.8. The van der Waals surface area contributed by atoms with E-state index in [-0.39, 0.29) is 78.4 Å². The summed E-state index contributed by atoms with van der Waals surface area (Å²) in [5.74, 6) is -1.42. The van der Waals surface area contributed by atoms with Crippen LogP contribution in [-0.2, 0) is 41.6 Å². The van der Waals surface area contributed by atoms with Crippen molar-refractivity contribution in [3.63, 3.8) is 0 Å². The molecule has 0 bridgehead atoms. The molecule has 8 atom stereocenters. The van der Waals surface area contributed by atoms with E-state index in [1.165, 1.54) is 0 Å². The first-order chi connectivity index (χ1) is 27.7. The molecule has 316 valence electrons. The van der Waals surface area contributed by atoms with Crippen LogP contribution in [0.25, 0.3) is 0 Å². The molecule has 4 amide bonds. The maximum absolute atomic E-state index is 14.3. The second-order valence-corrected chi connectivity index (χ2v) is 18.9. The summed E-state index contributed by atoms with van der Waals surface area (Å²) in [4.78, 5) is 81.2. The number of carbonyl (C=O) groups excluding carboxylic acids is 6. The van der Waals surface area contributed by atoms with Gasteiger partial charge in [0.25, 0.3) is 0 Å². The Morgan fingerprint density at radius 2 is 1.41 bits per heavy atom. The minimum atomic E-state index is -0.908. The summed E-state index contributed by atoms with van der Waals surface area (Å²) >= 11 is 1.86. The largest absolute Gasteiger partial charge is 0.361 e. The van der Waals surface area contributed by atoms with Crippen LogP contribution in [0.2, 0.25) is 0 Å². The molecule has 0 aliphatic carbocycles. The quantitative estimate of drug-likeness (QED) is 0.0527. The number of ether oxygens (including phenoxy) is 1. The number of ketones is 3. The number of epoxide rings is 1. The number of carbonyl (C=O) groups is 6. The SMILES string of the molecule is CC(C)C[C@H](NC(=O)[C@H](CCc1ccccc1)CC(=O)CCCC[C@@H]1SC[C@@H]2NC(=O)N[C@@H]21)C(=O)C[C@@H](Cc1ccccc1)C(=O)N[C@@H](CC(C)C)C(=O)[C@@]1(C)CO1. The molecule has 0 spiro atoms. The molecule has 0 radical (unpaired) electrons. The molecule has 3 aliphatic rings. The molecule has 12 heteroatoms. The zero-order valence-electron chi connectivity index (χ0n) is 34.9. The molecule has 58 heavy (non-hydrogen) atoms. The van der Waals surface area contributed by atoms with E-state index >= 15 is 0 Å². The summed E-state index contributed by atoms with van der Waals surface area (Å²) in [5.41, 5.74) is 1.04. The fourth-order valence-electron chi connectivity index (χ4n) is 8.18. The highest BCUT2D eigenvalue weighted by Gasteiger charge is 2.50. The highest BCUT2D eigenvalue weighted by atomic mass is 32.2. The number of hydrogen-bond donors (Lipinski definition) is 4. The molecule has 0 aromatic heterocycles. The van der Waals surface area contributed by atoms with Crippen molar-refractivity contribution in [2.45, 2.75) is 140 Å². The van der Waals surface area contributed by atoms with Gasteiger partial charge in [0.1, 0.15) is 11.4 Å². The highest BCUT2D eigenvalue weighted by molar-refractivity contribution is 8.00. The number of Topliss-reactive ketones (excluding diaryl/α,β-unsaturated/α-hetero) is 3. The maximum atomic E-state index is 14.3. The number of amides is 4. The fraction of sp³-hybridized carbons (Fsp3) is 0.609. The number of thioether (sulfide) groups is 1. The molecular formula is C46H64N4O7S. The Kier molecular flexibility index (Phi) is 16.5. The fourth-order valence-corrected chi connectivity index (χ4v) is 9.73. The van der Waals surface area contributed by atoms with Crippen molar-refractivity contribution in [3.05, 3.63) is 71.8 Å². The normalized spacial score (nSPS) is 22.9. The van der Waals surface area contributed by atoms with Gasteiger partial charge < -0.3 is 26.0 Å². The molecule has 3 aliphatic heterocycles. The smallest absolute Gasteiger partial charge is 0.315 e. The van der Waals surface area contributed by atoms with Crippen molar-refractivity contribution >= 4 is 47.0 Å². The van der Waals surface area contributed by atoms with Gasteiger partial charge in [-0.3, -0.25) is 24.0 Å². The number of hydrogen-bond acceptors (Lipinski definition) is 8. The first kappa shape index (κ1) is 45.1. The van der Waals surface area contributed by atoms with Gasteiger partial charge in [0.05, 0.1) is 30.8 Å². The van der Waals surface area contributed by atoms with Crippen LogP contribution < -0.4 is 21.3 Å². The molecular weight excluding hydrogens is 753 g/mol. The second-order valence-electron chi connectivity index (χ2n) is 17.7. The molecule has 5 rings (SSSR count). The van der Waals surface area contributed by atoms with Crippen molar-refractivity contribution in [2.75, 3.05) is 12.4 Å². The lowest BCUT2D eigenvalue weighted by Crippen LogP contribution is -2.50. The molecule has 4 N–H and O–H groups in total. The van der Waals surface area contributed by atoms with E-state index in [9.17, 15) is 28.8 Å². The van der Waals surface area contributed by atoms with Crippen molar-refractivity contribution < 1.29 is 33.5 Å². The number of aryl methyl sites for hydroxylation is 1. The first-order valence-electron chi connectivity index (χ1n) is 21.3. The molecule has 3 heterocycles. The molecule has 0 unspecified atom stereocenters. The molecule has 3 saturated heterocycles. The number of fused-ring (bicyclic) bond motifs is 1. The van der Waals surface area contributed by atoms with Crippen LogP contribution in [-0.4, -0.2) is 82.6 Å². The highest BCUT2D eigenvalue weighted by Crippen LogP contribution is 2.33. The van der Waals surface area contributed by atoms with E-state index in [0.29, 0.717) is 50.4 Å². The van der Waals surface area contributed by atoms with Gasteiger partial charge in [0, 0.05) is 42.1 Å². The molecule has 11 nitrogen and oxygen atoms in total. The monoisotopic (exact) mass is 816 g/mol. The van der Waals surface area contributed by atoms with E-state index in [4.69, 9.17) is 4.74 Å². The predicted molar refractivity (Wildman–Crippen MR) is 227 cm³/mol. The Balaban J connectivity index is 1.25. The number of nitrogens with one attached hydrogen (secondary N) is 4. The lowest BCUT2D eigenvalue weighted by molar-refractivity contribution is -0.135. The summed E-state index contributed by atoms with van der Waals surface area (Å²) in [5, 5.41) is 12.4. The lowest BCUT2D eigenvalue weighted by atomic mass is 9.87. The topological polar surface area (TPSA) is 163 Å². The number of rotatable bonds is 25. The van der Waals surface area contributed by atoms with E-state index in [1.807, 2.05) is 100 Å². The van der Waals surface area contributed by atoms with E-state index in [0.717, 1.165) is 29.7 Å². The zero-order valence-corrected chi connectivity index (χ0v) is 35.7. The van der Waals surface area contributed by atoms with E-state index in [2.05, 4.69) is 21.3 Å². The van der Waals surface area contributed by atoms with Gasteiger partial charge in [-0.05, 0) is 74.8 Å². The molecule has 3 fully saturated rings. The Morgan fingerprint density at radius 3 is 2.05 bits per heavy atom. The summed E-state index contributed by atoms with van der Waals surface area (Å²) < 4.78 is 5.44. The van der Waals surface area contributed by atoms with Crippen molar-refractivity contribution in [1.29, 1.82) is 0 Å². The Morgan fingerprint density at radius 1 is 0.810 bits per heavy atom. The Bertz CT molecular complexity index is 1720. The minimum Gasteiger partial charge on any atom is -0.361 e.